The van der Waals surface area contributed by atoms with Crippen molar-refractivity contribution < 1.29 is 13.2 Å². The second-order valence-corrected chi connectivity index (χ2v) is 8.41. The van der Waals surface area contributed by atoms with E-state index in [4.69, 9.17) is 4.74 Å². The van der Waals surface area contributed by atoms with Crippen LogP contribution in [0.25, 0.3) is 0 Å². The van der Waals surface area contributed by atoms with E-state index in [1.54, 1.807) is 11.8 Å². The van der Waals surface area contributed by atoms with E-state index in [-0.39, 0.29) is 5.75 Å². The summed E-state index contributed by atoms with van der Waals surface area (Å²) in [5, 5.41) is 3.82. The predicted molar refractivity (Wildman–Crippen MR) is 73.5 cm³/mol. The van der Waals surface area contributed by atoms with Crippen molar-refractivity contribution in [1.82, 2.24) is 5.32 Å². The number of rotatable bonds is 8. The van der Waals surface area contributed by atoms with Gasteiger partial charge in [0.25, 0.3) is 0 Å². The molecule has 0 amide bonds. The van der Waals surface area contributed by atoms with Gasteiger partial charge in [-0.3, -0.25) is 0 Å². The Kier molecular flexibility index (Phi) is 6.84. The van der Waals surface area contributed by atoms with E-state index in [1.165, 1.54) is 12.7 Å². The second-order valence-electron chi connectivity index (χ2n) is 4.60. The highest BCUT2D eigenvalue weighted by Crippen LogP contribution is 2.12. The van der Waals surface area contributed by atoms with Gasteiger partial charge in [0, 0.05) is 37.0 Å². The van der Waals surface area contributed by atoms with Gasteiger partial charge in [-0.2, -0.15) is 11.8 Å². The lowest BCUT2D eigenvalue weighted by molar-refractivity contribution is 0.110. The summed E-state index contributed by atoms with van der Waals surface area (Å²) in [6.45, 7) is 4.84. The molecule has 0 aliphatic carbocycles. The van der Waals surface area contributed by atoms with Crippen molar-refractivity contribution in [2.75, 3.05) is 37.5 Å². The van der Waals surface area contributed by atoms with Crippen LogP contribution in [0.4, 0.5) is 0 Å². The monoisotopic (exact) mass is 281 g/mol. The first-order valence-corrected chi connectivity index (χ1v) is 9.20. The summed E-state index contributed by atoms with van der Waals surface area (Å²) in [5.74, 6) is 0.954. The molecule has 0 aromatic heterocycles. The minimum atomic E-state index is -2.81. The van der Waals surface area contributed by atoms with Crippen LogP contribution in [0.15, 0.2) is 0 Å². The number of ether oxygens (including phenoxy) is 1. The zero-order valence-corrected chi connectivity index (χ0v) is 12.3. The number of hydrogen-bond acceptors (Lipinski definition) is 5. The molecule has 1 heterocycles. The molecule has 0 bridgehead atoms. The Balaban J connectivity index is 1.98. The van der Waals surface area contributed by atoms with Crippen molar-refractivity contribution in [3.8, 4) is 0 Å². The predicted octanol–water partition coefficient (Wildman–Crippen LogP) is 0.921. The number of thioether (sulfide) groups is 1. The Labute approximate surface area is 109 Å². The molecule has 6 heteroatoms. The van der Waals surface area contributed by atoms with Crippen LogP contribution in [0.5, 0.6) is 0 Å². The van der Waals surface area contributed by atoms with Gasteiger partial charge in [-0.05, 0) is 12.8 Å². The summed E-state index contributed by atoms with van der Waals surface area (Å²) in [4.78, 5) is 0. The van der Waals surface area contributed by atoms with Gasteiger partial charge < -0.3 is 10.1 Å². The molecule has 102 valence electrons. The Morgan fingerprint density at radius 2 is 2.29 bits per heavy atom. The molecule has 0 radical (unpaired) electrons. The van der Waals surface area contributed by atoms with Gasteiger partial charge in [-0.25, -0.2) is 8.42 Å². The average Bonchev–Trinajstić information content (AvgIpc) is 2.68. The molecule has 1 saturated heterocycles. The van der Waals surface area contributed by atoms with Crippen LogP contribution in [-0.2, 0) is 14.6 Å². The Morgan fingerprint density at radius 3 is 2.88 bits per heavy atom. The van der Waals surface area contributed by atoms with Crippen LogP contribution in [0.3, 0.4) is 0 Å². The van der Waals surface area contributed by atoms with E-state index >= 15 is 0 Å². The van der Waals surface area contributed by atoms with E-state index in [9.17, 15) is 8.42 Å². The van der Waals surface area contributed by atoms with E-state index in [0.717, 1.165) is 26.1 Å². The first kappa shape index (κ1) is 15.3. The lowest BCUT2D eigenvalue weighted by Gasteiger charge is -2.14. The normalized spacial score (nSPS) is 22.8. The molecule has 1 aliphatic heterocycles. The Morgan fingerprint density at radius 1 is 1.53 bits per heavy atom. The molecule has 4 nitrogen and oxygen atoms in total. The fourth-order valence-corrected chi connectivity index (χ4v) is 3.95. The summed E-state index contributed by atoms with van der Waals surface area (Å²) in [6.07, 6.45) is 3.99. The molecule has 1 N–H and O–H groups in total. The van der Waals surface area contributed by atoms with Crippen molar-refractivity contribution in [1.29, 1.82) is 0 Å². The topological polar surface area (TPSA) is 55.4 Å². The molecular weight excluding hydrogens is 258 g/mol. The van der Waals surface area contributed by atoms with Gasteiger partial charge in [0.15, 0.2) is 0 Å². The van der Waals surface area contributed by atoms with E-state index < -0.39 is 9.84 Å². The molecule has 0 saturated carbocycles. The quantitative estimate of drug-likeness (QED) is 0.717. The molecule has 1 fully saturated rings. The van der Waals surface area contributed by atoms with Crippen molar-refractivity contribution >= 4 is 21.6 Å². The standard InChI is InChI=1S/C11H23NO3S2/c1-10(16-6-7-17(2,13)14)8-12-9-11-4-3-5-15-11/h10-12H,3-9H2,1-2H3. The minimum absolute atomic E-state index is 0.272. The summed E-state index contributed by atoms with van der Waals surface area (Å²) in [5.41, 5.74) is 0. The third-order valence-corrected chi connectivity index (χ3v) is 5.06. The average molecular weight is 281 g/mol. The maximum Gasteiger partial charge on any atom is 0.148 e. The van der Waals surface area contributed by atoms with Crippen molar-refractivity contribution in [2.45, 2.75) is 31.1 Å². The third kappa shape index (κ3) is 8.02. The molecule has 0 aromatic rings. The summed E-state index contributed by atoms with van der Waals surface area (Å²) >= 11 is 1.70. The number of hydrogen-bond donors (Lipinski definition) is 1. The molecule has 2 atom stereocenters. The molecule has 17 heavy (non-hydrogen) atoms. The zero-order chi connectivity index (χ0) is 12.7. The fourth-order valence-electron chi connectivity index (χ4n) is 1.71. The van der Waals surface area contributed by atoms with Crippen LogP contribution in [0.1, 0.15) is 19.8 Å². The maximum atomic E-state index is 11.0. The number of nitrogens with one attached hydrogen (secondary N) is 1. The van der Waals surface area contributed by atoms with E-state index in [1.807, 2.05) is 0 Å². The molecule has 1 aliphatic rings. The SMILES string of the molecule is CC(CNCC1CCCO1)SCCS(C)(=O)=O. The maximum absolute atomic E-state index is 11.0. The first-order chi connectivity index (χ1) is 7.97. The van der Waals surface area contributed by atoms with Gasteiger partial charge in [0.1, 0.15) is 9.84 Å². The van der Waals surface area contributed by atoms with Gasteiger partial charge in [-0.1, -0.05) is 6.92 Å². The Bertz CT molecular complexity index is 300. The van der Waals surface area contributed by atoms with Gasteiger partial charge in [-0.15, -0.1) is 0 Å². The Hall–Kier alpha value is 0.220. The molecule has 0 aromatic carbocycles. The van der Waals surface area contributed by atoms with E-state index in [2.05, 4.69) is 12.2 Å². The number of sulfone groups is 1. The van der Waals surface area contributed by atoms with Crippen molar-refractivity contribution in [3.05, 3.63) is 0 Å². The molecular formula is C11H23NO3S2. The molecule has 2 unspecified atom stereocenters. The lowest BCUT2D eigenvalue weighted by Crippen LogP contribution is -2.31. The van der Waals surface area contributed by atoms with Crippen LogP contribution >= 0.6 is 11.8 Å². The molecule has 1 rings (SSSR count). The van der Waals surface area contributed by atoms with Crippen LogP contribution in [-0.4, -0.2) is 57.2 Å². The zero-order valence-electron chi connectivity index (χ0n) is 10.6. The highest BCUT2D eigenvalue weighted by molar-refractivity contribution is 8.01. The van der Waals surface area contributed by atoms with Gasteiger partial charge in [0.2, 0.25) is 0 Å². The summed E-state index contributed by atoms with van der Waals surface area (Å²) in [7, 11) is -2.81. The second kappa shape index (κ2) is 7.61. The highest BCUT2D eigenvalue weighted by Gasteiger charge is 2.15. The van der Waals surface area contributed by atoms with Crippen molar-refractivity contribution in [2.24, 2.45) is 0 Å². The first-order valence-electron chi connectivity index (χ1n) is 6.09. The molecule has 0 spiro atoms. The minimum Gasteiger partial charge on any atom is -0.377 e. The van der Waals surface area contributed by atoms with E-state index in [0.29, 0.717) is 17.1 Å². The fraction of sp³-hybridized carbons (Fsp3) is 1.00. The third-order valence-electron chi connectivity index (χ3n) is 2.68. The lowest BCUT2D eigenvalue weighted by atomic mass is 10.2. The summed E-state index contributed by atoms with van der Waals surface area (Å²) in [6, 6.07) is 0. The van der Waals surface area contributed by atoms with Gasteiger partial charge >= 0.3 is 0 Å². The van der Waals surface area contributed by atoms with Crippen LogP contribution in [0, 0.1) is 0 Å². The van der Waals surface area contributed by atoms with Crippen LogP contribution < -0.4 is 5.32 Å². The summed E-state index contributed by atoms with van der Waals surface area (Å²) < 4.78 is 27.4. The largest absolute Gasteiger partial charge is 0.377 e. The highest BCUT2D eigenvalue weighted by atomic mass is 32.2. The smallest absolute Gasteiger partial charge is 0.148 e. The van der Waals surface area contributed by atoms with Crippen molar-refractivity contribution in [3.63, 3.8) is 0 Å². The van der Waals surface area contributed by atoms with Crippen LogP contribution in [0.2, 0.25) is 0 Å². The van der Waals surface area contributed by atoms with Gasteiger partial charge in [0.05, 0.1) is 11.9 Å².